The fourth-order valence-corrected chi connectivity index (χ4v) is 5.93. The molecule has 3 rings (SSSR count). The molecule has 0 aliphatic carbocycles. The van der Waals surface area contributed by atoms with Gasteiger partial charge in [0.05, 0.1) is 4.90 Å². The summed E-state index contributed by atoms with van der Waals surface area (Å²) in [4.78, 5) is 24.5. The van der Waals surface area contributed by atoms with Crippen molar-refractivity contribution in [2.24, 2.45) is 0 Å². The average Bonchev–Trinajstić information content (AvgIpc) is 2.75. The normalized spacial score (nSPS) is 19.2. The maximum absolute atomic E-state index is 12.8. The number of fused-ring (bicyclic) bond motifs is 1. The van der Waals surface area contributed by atoms with Gasteiger partial charge in [-0.1, -0.05) is 40.2 Å². The number of carbonyl (C=O) groups is 2. The van der Waals surface area contributed by atoms with Crippen LogP contribution in [0, 0.1) is 0 Å². The minimum absolute atomic E-state index is 0.0558. The number of hydrogen-bond donors (Lipinski definition) is 0. The number of benzene rings is 2. The minimum atomic E-state index is -3.97. The van der Waals surface area contributed by atoms with Crippen molar-refractivity contribution >= 4 is 59.4 Å². The third-order valence-corrected chi connectivity index (χ3v) is 7.80. The molecule has 22 heavy (non-hydrogen) atoms. The van der Waals surface area contributed by atoms with E-state index in [1.165, 1.54) is 13.1 Å². The van der Waals surface area contributed by atoms with Crippen LogP contribution in [0.4, 0.5) is 4.79 Å². The van der Waals surface area contributed by atoms with Gasteiger partial charge in [-0.25, -0.2) is 8.42 Å². The molecular weight excluding hydrogens is 390 g/mol. The Labute approximate surface area is 139 Å². The first-order valence-corrected chi connectivity index (χ1v) is 9.45. The molecule has 0 bridgehead atoms. The van der Waals surface area contributed by atoms with Crippen molar-refractivity contribution in [1.82, 2.24) is 4.90 Å². The Kier molecular flexibility index (Phi) is 3.78. The molecule has 2 aromatic rings. The SMILES string of the molecule is CN1C(=O)SC(S(=O)(=O)c2cccc3c(Br)cccc23)C1=O. The van der Waals surface area contributed by atoms with Gasteiger partial charge in [-0.2, -0.15) is 0 Å². The van der Waals surface area contributed by atoms with Crippen LogP contribution in [0.5, 0.6) is 0 Å². The van der Waals surface area contributed by atoms with E-state index in [-0.39, 0.29) is 4.90 Å². The van der Waals surface area contributed by atoms with Crippen LogP contribution in [0.3, 0.4) is 0 Å². The average molecular weight is 400 g/mol. The first-order valence-electron chi connectivity index (χ1n) is 6.23. The molecule has 1 unspecified atom stereocenters. The molecule has 114 valence electrons. The zero-order chi connectivity index (χ0) is 16.1. The minimum Gasteiger partial charge on any atom is -0.275 e. The van der Waals surface area contributed by atoms with E-state index < -0.39 is 25.6 Å². The van der Waals surface area contributed by atoms with Crippen LogP contribution in [0.25, 0.3) is 10.8 Å². The van der Waals surface area contributed by atoms with Gasteiger partial charge in [-0.05, 0) is 29.3 Å². The number of thioether (sulfide) groups is 1. The summed E-state index contributed by atoms with van der Waals surface area (Å²) in [5, 5.41) is 0.700. The molecule has 1 aliphatic heterocycles. The van der Waals surface area contributed by atoms with E-state index in [9.17, 15) is 18.0 Å². The van der Waals surface area contributed by atoms with Crippen LogP contribution in [-0.4, -0.2) is 36.1 Å². The van der Waals surface area contributed by atoms with Crippen molar-refractivity contribution in [3.05, 3.63) is 40.9 Å². The molecule has 5 nitrogen and oxygen atoms in total. The summed E-state index contributed by atoms with van der Waals surface area (Å²) >= 11 is 3.92. The number of hydrogen-bond acceptors (Lipinski definition) is 5. The van der Waals surface area contributed by atoms with Crippen LogP contribution in [-0.2, 0) is 14.6 Å². The number of halogens is 1. The molecular formula is C14H10BrNO4S2. The highest BCUT2D eigenvalue weighted by Gasteiger charge is 2.46. The third-order valence-electron chi connectivity index (χ3n) is 3.43. The van der Waals surface area contributed by atoms with Gasteiger partial charge in [0, 0.05) is 16.9 Å². The lowest BCUT2D eigenvalue weighted by Crippen LogP contribution is -2.31. The Bertz CT molecular complexity index is 910. The highest BCUT2D eigenvalue weighted by atomic mass is 79.9. The smallest absolute Gasteiger partial charge is 0.275 e. The lowest BCUT2D eigenvalue weighted by atomic mass is 10.1. The van der Waals surface area contributed by atoms with Gasteiger partial charge in [-0.3, -0.25) is 14.5 Å². The summed E-state index contributed by atoms with van der Waals surface area (Å²) < 4.78 is 25.0. The molecule has 0 saturated carbocycles. The summed E-state index contributed by atoms with van der Waals surface area (Å²) in [6.07, 6.45) is 0. The maximum Gasteiger partial charge on any atom is 0.289 e. The molecule has 1 saturated heterocycles. The lowest BCUT2D eigenvalue weighted by molar-refractivity contribution is -0.124. The van der Waals surface area contributed by atoms with Crippen LogP contribution >= 0.6 is 27.7 Å². The maximum atomic E-state index is 12.8. The van der Waals surface area contributed by atoms with Gasteiger partial charge in [0.2, 0.25) is 9.84 Å². The van der Waals surface area contributed by atoms with Gasteiger partial charge in [-0.15, -0.1) is 0 Å². The standard InChI is InChI=1S/C14H10BrNO4S2/c1-16-12(17)13(21-14(16)18)22(19,20)11-7-3-4-8-9(11)5-2-6-10(8)15/h2-7,13H,1H3. The van der Waals surface area contributed by atoms with E-state index >= 15 is 0 Å². The largest absolute Gasteiger partial charge is 0.289 e. The van der Waals surface area contributed by atoms with E-state index in [1.54, 1.807) is 24.3 Å². The molecule has 2 aromatic carbocycles. The summed E-state index contributed by atoms with van der Waals surface area (Å²) in [7, 11) is -2.68. The quantitative estimate of drug-likeness (QED) is 0.775. The first-order chi connectivity index (χ1) is 10.3. The Morgan fingerprint density at radius 1 is 1.09 bits per heavy atom. The van der Waals surface area contributed by atoms with E-state index in [0.717, 1.165) is 14.8 Å². The van der Waals surface area contributed by atoms with E-state index in [0.29, 0.717) is 17.1 Å². The molecule has 0 N–H and O–H groups in total. The number of rotatable bonds is 2. The molecule has 2 amide bonds. The summed E-state index contributed by atoms with van der Waals surface area (Å²) in [6, 6.07) is 10.1. The Hall–Kier alpha value is -1.38. The number of carbonyl (C=O) groups excluding carboxylic acids is 2. The molecule has 1 aliphatic rings. The second-order valence-corrected chi connectivity index (χ2v) is 8.96. The van der Waals surface area contributed by atoms with Gasteiger partial charge >= 0.3 is 0 Å². The molecule has 1 heterocycles. The summed E-state index contributed by atoms with van der Waals surface area (Å²) in [6.45, 7) is 0. The molecule has 8 heteroatoms. The molecule has 1 atom stereocenters. The fraction of sp³-hybridized carbons (Fsp3) is 0.143. The zero-order valence-corrected chi connectivity index (χ0v) is 14.5. The topological polar surface area (TPSA) is 71.5 Å². The Morgan fingerprint density at radius 2 is 1.73 bits per heavy atom. The third kappa shape index (κ3) is 2.26. The molecule has 1 fully saturated rings. The number of nitrogens with zero attached hydrogens (tertiary/aromatic N) is 1. The molecule has 0 aromatic heterocycles. The van der Waals surface area contributed by atoms with E-state index in [2.05, 4.69) is 15.9 Å². The Balaban J connectivity index is 2.21. The van der Waals surface area contributed by atoms with Crippen molar-refractivity contribution in [3.8, 4) is 0 Å². The fourth-order valence-electron chi connectivity index (χ4n) is 2.27. The van der Waals surface area contributed by atoms with Crippen molar-refractivity contribution < 1.29 is 18.0 Å². The van der Waals surface area contributed by atoms with E-state index in [4.69, 9.17) is 0 Å². The van der Waals surface area contributed by atoms with Crippen molar-refractivity contribution in [2.75, 3.05) is 7.05 Å². The van der Waals surface area contributed by atoms with Gasteiger partial charge < -0.3 is 0 Å². The predicted molar refractivity (Wildman–Crippen MR) is 88.4 cm³/mol. The number of sulfone groups is 1. The second-order valence-electron chi connectivity index (χ2n) is 4.75. The summed E-state index contributed by atoms with van der Waals surface area (Å²) in [5.74, 6) is -0.706. The van der Waals surface area contributed by atoms with Crippen LogP contribution < -0.4 is 0 Å². The summed E-state index contributed by atoms with van der Waals surface area (Å²) in [5.41, 5.74) is 0. The van der Waals surface area contributed by atoms with Crippen molar-refractivity contribution in [1.29, 1.82) is 0 Å². The van der Waals surface area contributed by atoms with Crippen molar-refractivity contribution in [3.63, 3.8) is 0 Å². The molecule has 0 radical (unpaired) electrons. The zero-order valence-electron chi connectivity index (χ0n) is 11.3. The molecule has 0 spiro atoms. The highest BCUT2D eigenvalue weighted by molar-refractivity contribution is 9.10. The van der Waals surface area contributed by atoms with Gasteiger partial charge in [0.1, 0.15) is 0 Å². The Morgan fingerprint density at radius 3 is 2.36 bits per heavy atom. The number of imide groups is 1. The van der Waals surface area contributed by atoms with Gasteiger partial charge in [0.15, 0.2) is 4.58 Å². The van der Waals surface area contributed by atoms with Gasteiger partial charge in [0.25, 0.3) is 11.1 Å². The highest BCUT2D eigenvalue weighted by Crippen LogP contribution is 2.37. The number of amides is 2. The van der Waals surface area contributed by atoms with Crippen molar-refractivity contribution in [2.45, 2.75) is 9.48 Å². The lowest BCUT2D eigenvalue weighted by Gasteiger charge is -2.12. The van der Waals surface area contributed by atoms with E-state index in [1.807, 2.05) is 6.07 Å². The first kappa shape index (κ1) is 15.5. The monoisotopic (exact) mass is 399 g/mol. The predicted octanol–water partition coefficient (Wildman–Crippen LogP) is 3.03. The van der Waals surface area contributed by atoms with Crippen LogP contribution in [0.15, 0.2) is 45.8 Å². The van der Waals surface area contributed by atoms with Crippen LogP contribution in [0.1, 0.15) is 0 Å². The second kappa shape index (κ2) is 5.36. The van der Waals surface area contributed by atoms with Crippen LogP contribution in [0.2, 0.25) is 0 Å².